The van der Waals surface area contributed by atoms with Crippen LogP contribution in [0.4, 0.5) is 0 Å². The van der Waals surface area contributed by atoms with Crippen LogP contribution in [0.1, 0.15) is 38.2 Å². The molecule has 0 aliphatic heterocycles. The van der Waals surface area contributed by atoms with E-state index in [0.29, 0.717) is 0 Å². The van der Waals surface area contributed by atoms with Gasteiger partial charge in [0.2, 0.25) is 0 Å². The van der Waals surface area contributed by atoms with Gasteiger partial charge in [-0.25, -0.2) is 0 Å². The zero-order chi connectivity index (χ0) is 13.2. The Morgan fingerprint density at radius 3 is 2.67 bits per heavy atom. The van der Waals surface area contributed by atoms with Crippen molar-refractivity contribution in [2.45, 2.75) is 39.0 Å². The molecule has 0 radical (unpaired) electrons. The Balaban J connectivity index is 2.65. The highest BCUT2D eigenvalue weighted by Gasteiger charge is 2.09. The van der Waals surface area contributed by atoms with Gasteiger partial charge in [0, 0.05) is 6.61 Å². The molecule has 3 heteroatoms. The molecular formula is C15H24O3. The third-order valence-electron chi connectivity index (χ3n) is 2.87. The molecule has 0 heterocycles. The first-order chi connectivity index (χ1) is 8.83. The normalized spacial score (nSPS) is 10.4. The van der Waals surface area contributed by atoms with Gasteiger partial charge in [-0.15, -0.1) is 0 Å². The van der Waals surface area contributed by atoms with Gasteiger partial charge < -0.3 is 14.6 Å². The first-order valence-electron chi connectivity index (χ1n) is 6.73. The summed E-state index contributed by atoms with van der Waals surface area (Å²) in [5.74, 6) is 1.62. The maximum atomic E-state index is 8.89. The Kier molecular flexibility index (Phi) is 7.26. The molecule has 0 aliphatic carbocycles. The maximum absolute atomic E-state index is 8.89. The Morgan fingerprint density at radius 1 is 1.17 bits per heavy atom. The van der Waals surface area contributed by atoms with E-state index in [1.807, 2.05) is 18.2 Å². The number of benzene rings is 1. The molecule has 0 amide bonds. The highest BCUT2D eigenvalue weighted by atomic mass is 16.5. The molecule has 1 aromatic carbocycles. The molecule has 0 spiro atoms. The number of methoxy groups -OCH3 is 1. The number of para-hydroxylation sites is 1. The van der Waals surface area contributed by atoms with Crippen molar-refractivity contribution < 1.29 is 14.6 Å². The van der Waals surface area contributed by atoms with Crippen molar-refractivity contribution in [3.8, 4) is 11.5 Å². The lowest BCUT2D eigenvalue weighted by atomic mass is 10.1. The fourth-order valence-corrected chi connectivity index (χ4v) is 1.91. The third-order valence-corrected chi connectivity index (χ3v) is 2.87. The second-order valence-electron chi connectivity index (χ2n) is 4.33. The molecule has 0 aliphatic rings. The summed E-state index contributed by atoms with van der Waals surface area (Å²) in [5, 5.41) is 8.89. The number of unbranched alkanes of at least 4 members (excludes halogenated alkanes) is 2. The van der Waals surface area contributed by atoms with Gasteiger partial charge in [-0.2, -0.15) is 0 Å². The predicted molar refractivity (Wildman–Crippen MR) is 73.4 cm³/mol. The number of rotatable bonds is 9. The average Bonchev–Trinajstić information content (AvgIpc) is 2.41. The topological polar surface area (TPSA) is 38.7 Å². The second-order valence-corrected chi connectivity index (χ2v) is 4.33. The van der Waals surface area contributed by atoms with Crippen LogP contribution in [0.2, 0.25) is 0 Å². The minimum Gasteiger partial charge on any atom is -0.493 e. The molecule has 0 atom stereocenters. The molecule has 0 unspecified atom stereocenters. The van der Waals surface area contributed by atoms with Crippen LogP contribution >= 0.6 is 0 Å². The van der Waals surface area contributed by atoms with Crippen molar-refractivity contribution in [3.05, 3.63) is 23.8 Å². The van der Waals surface area contributed by atoms with Crippen molar-refractivity contribution in [1.29, 1.82) is 0 Å². The first kappa shape index (κ1) is 14.8. The molecule has 0 saturated carbocycles. The van der Waals surface area contributed by atoms with E-state index in [1.165, 1.54) is 12.8 Å². The van der Waals surface area contributed by atoms with Crippen molar-refractivity contribution in [2.24, 2.45) is 0 Å². The maximum Gasteiger partial charge on any atom is 0.163 e. The van der Waals surface area contributed by atoms with Crippen LogP contribution in [-0.2, 0) is 6.42 Å². The molecule has 0 saturated heterocycles. The fraction of sp³-hybridized carbons (Fsp3) is 0.600. The monoisotopic (exact) mass is 252 g/mol. The molecule has 102 valence electrons. The summed E-state index contributed by atoms with van der Waals surface area (Å²) in [7, 11) is 1.66. The summed E-state index contributed by atoms with van der Waals surface area (Å²) in [5.41, 5.74) is 1.10. The van der Waals surface area contributed by atoms with Crippen LogP contribution in [0.15, 0.2) is 18.2 Å². The van der Waals surface area contributed by atoms with Crippen molar-refractivity contribution in [1.82, 2.24) is 0 Å². The van der Waals surface area contributed by atoms with Gasteiger partial charge in [0.1, 0.15) is 0 Å². The molecule has 0 aromatic heterocycles. The summed E-state index contributed by atoms with van der Waals surface area (Å²) >= 11 is 0. The van der Waals surface area contributed by atoms with Crippen molar-refractivity contribution >= 4 is 0 Å². The molecular weight excluding hydrogens is 228 g/mol. The first-order valence-corrected chi connectivity index (χ1v) is 6.73. The summed E-state index contributed by atoms with van der Waals surface area (Å²) in [6.45, 7) is 3.11. The molecule has 18 heavy (non-hydrogen) atoms. The van der Waals surface area contributed by atoms with E-state index in [0.717, 1.165) is 42.9 Å². The minimum absolute atomic E-state index is 0.199. The van der Waals surface area contributed by atoms with Gasteiger partial charge in [-0.05, 0) is 30.9 Å². The van der Waals surface area contributed by atoms with Gasteiger partial charge in [0.25, 0.3) is 0 Å². The van der Waals surface area contributed by atoms with E-state index in [2.05, 4.69) is 6.92 Å². The van der Waals surface area contributed by atoms with Crippen LogP contribution in [0, 0.1) is 0 Å². The largest absolute Gasteiger partial charge is 0.493 e. The number of hydrogen-bond acceptors (Lipinski definition) is 3. The highest BCUT2D eigenvalue weighted by molar-refractivity contribution is 5.46. The Labute approximate surface area is 110 Å². The van der Waals surface area contributed by atoms with Crippen LogP contribution in [0.3, 0.4) is 0 Å². The van der Waals surface area contributed by atoms with Gasteiger partial charge in [-0.3, -0.25) is 0 Å². The molecule has 1 rings (SSSR count). The summed E-state index contributed by atoms with van der Waals surface area (Å²) < 4.78 is 11.2. The smallest absolute Gasteiger partial charge is 0.163 e. The number of aliphatic hydroxyl groups is 1. The third kappa shape index (κ3) is 4.57. The quantitative estimate of drug-likeness (QED) is 0.686. The molecule has 1 aromatic rings. The Hall–Kier alpha value is -1.22. The zero-order valence-corrected chi connectivity index (χ0v) is 11.4. The summed E-state index contributed by atoms with van der Waals surface area (Å²) in [4.78, 5) is 0. The van der Waals surface area contributed by atoms with E-state index in [1.54, 1.807) is 7.11 Å². The molecule has 0 fully saturated rings. The lowest BCUT2D eigenvalue weighted by Crippen LogP contribution is -2.02. The Morgan fingerprint density at radius 2 is 2.00 bits per heavy atom. The zero-order valence-electron chi connectivity index (χ0n) is 11.4. The second kappa shape index (κ2) is 8.81. The van der Waals surface area contributed by atoms with Crippen LogP contribution < -0.4 is 9.47 Å². The van der Waals surface area contributed by atoms with Gasteiger partial charge in [0.15, 0.2) is 11.5 Å². The van der Waals surface area contributed by atoms with Crippen LogP contribution in [0.25, 0.3) is 0 Å². The minimum atomic E-state index is 0.199. The van der Waals surface area contributed by atoms with E-state index in [9.17, 15) is 0 Å². The predicted octanol–water partition coefficient (Wildman–Crippen LogP) is 3.19. The Bertz CT molecular complexity index is 337. The lowest BCUT2D eigenvalue weighted by Gasteiger charge is -2.14. The molecule has 3 nitrogen and oxygen atoms in total. The number of ether oxygens (including phenoxy) is 2. The SMILES string of the molecule is CCCCCOc1cccc(CCCO)c1OC. The lowest BCUT2D eigenvalue weighted by molar-refractivity contribution is 0.279. The molecule has 1 N–H and O–H groups in total. The van der Waals surface area contributed by atoms with Crippen LogP contribution in [0.5, 0.6) is 11.5 Å². The highest BCUT2D eigenvalue weighted by Crippen LogP contribution is 2.31. The van der Waals surface area contributed by atoms with E-state index >= 15 is 0 Å². The van der Waals surface area contributed by atoms with Gasteiger partial charge >= 0.3 is 0 Å². The van der Waals surface area contributed by atoms with E-state index in [4.69, 9.17) is 14.6 Å². The summed E-state index contributed by atoms with van der Waals surface area (Å²) in [6, 6.07) is 5.94. The number of aryl methyl sites for hydroxylation is 1. The van der Waals surface area contributed by atoms with Gasteiger partial charge in [-0.1, -0.05) is 31.9 Å². The van der Waals surface area contributed by atoms with Crippen LogP contribution in [-0.4, -0.2) is 25.4 Å². The fourth-order valence-electron chi connectivity index (χ4n) is 1.91. The number of aliphatic hydroxyl groups excluding tert-OH is 1. The van der Waals surface area contributed by atoms with Gasteiger partial charge in [0.05, 0.1) is 13.7 Å². The van der Waals surface area contributed by atoms with E-state index in [-0.39, 0.29) is 6.61 Å². The molecule has 0 bridgehead atoms. The van der Waals surface area contributed by atoms with Crippen molar-refractivity contribution in [3.63, 3.8) is 0 Å². The summed E-state index contributed by atoms with van der Waals surface area (Å²) in [6.07, 6.45) is 5.01. The van der Waals surface area contributed by atoms with E-state index < -0.39 is 0 Å². The standard InChI is InChI=1S/C15H24O3/c1-3-4-5-12-18-14-10-6-8-13(9-7-11-16)15(14)17-2/h6,8,10,16H,3-5,7,9,11-12H2,1-2H3. The number of hydrogen-bond donors (Lipinski definition) is 1. The average molecular weight is 252 g/mol. The van der Waals surface area contributed by atoms with Crippen molar-refractivity contribution in [2.75, 3.05) is 20.3 Å².